The molecule has 1 aliphatic heterocycles. The van der Waals surface area contributed by atoms with Gasteiger partial charge in [-0.1, -0.05) is 55.6 Å². The highest BCUT2D eigenvalue weighted by atomic mass is 32.2. The van der Waals surface area contributed by atoms with Gasteiger partial charge in [0.25, 0.3) is 0 Å². The second kappa shape index (κ2) is 5.99. The maximum atomic E-state index is 2.41. The maximum Gasteiger partial charge on any atom is 0.101 e. The van der Waals surface area contributed by atoms with E-state index in [0.29, 0.717) is 5.92 Å². The van der Waals surface area contributed by atoms with Gasteiger partial charge in [0.05, 0.1) is 8.94 Å². The van der Waals surface area contributed by atoms with Crippen molar-refractivity contribution in [1.29, 1.82) is 0 Å². The van der Waals surface area contributed by atoms with Gasteiger partial charge in [-0.05, 0) is 52.7 Å². The third kappa shape index (κ3) is 2.60. The third-order valence-corrected chi connectivity index (χ3v) is 9.69. The van der Waals surface area contributed by atoms with E-state index in [9.17, 15) is 0 Å². The van der Waals surface area contributed by atoms with Crippen LogP contribution < -0.4 is 3.85 Å². The molecule has 118 valence electrons. The molecule has 23 heavy (non-hydrogen) atoms. The Labute approximate surface area is 153 Å². The first kappa shape index (κ1) is 15.8. The lowest BCUT2D eigenvalue weighted by Gasteiger charge is -2.01. The van der Waals surface area contributed by atoms with E-state index in [1.165, 1.54) is 44.9 Å². The van der Waals surface area contributed by atoms with Crippen molar-refractivity contribution in [2.45, 2.75) is 33.6 Å². The van der Waals surface area contributed by atoms with Crippen molar-refractivity contribution >= 4 is 70.6 Å². The molecule has 0 fully saturated rings. The molecule has 1 aromatic heterocycles. The van der Waals surface area contributed by atoms with Crippen LogP contribution in [0.3, 0.4) is 0 Å². The van der Waals surface area contributed by atoms with E-state index < -0.39 is 0 Å². The standard InChI is InChI=1S/C19H18S4/c1-10(2)13-6-5-11(3)15-14(9-13)12(4)16-17(15)23-19(22-16)18-20-7-8-21-18/h5-10H,1-4H3. The number of hydrogen-bond donors (Lipinski definition) is 0. The minimum absolute atomic E-state index is 0.560. The molecule has 0 radical (unpaired) electrons. The van der Waals surface area contributed by atoms with Gasteiger partial charge in [0.15, 0.2) is 0 Å². The molecule has 3 aromatic rings. The summed E-state index contributed by atoms with van der Waals surface area (Å²) in [5, 5.41) is 7.26. The van der Waals surface area contributed by atoms with Crippen LogP contribution in [0.2, 0.25) is 0 Å². The van der Waals surface area contributed by atoms with Crippen LogP contribution in [0, 0.1) is 13.8 Å². The number of rotatable bonds is 1. The predicted molar refractivity (Wildman–Crippen MR) is 113 cm³/mol. The molecule has 0 saturated carbocycles. The Morgan fingerprint density at radius 3 is 2.30 bits per heavy atom. The summed E-state index contributed by atoms with van der Waals surface area (Å²) in [6, 6.07) is 7.01. The molecule has 4 heteroatoms. The molecule has 0 bridgehead atoms. The molecular formula is C19H18S4. The van der Waals surface area contributed by atoms with E-state index in [-0.39, 0.29) is 0 Å². The van der Waals surface area contributed by atoms with Crippen molar-refractivity contribution in [3.63, 3.8) is 0 Å². The number of hydrogen-bond acceptors (Lipinski definition) is 4. The Bertz CT molecular complexity index is 1010. The van der Waals surface area contributed by atoms with E-state index in [0.717, 1.165) is 0 Å². The van der Waals surface area contributed by atoms with E-state index in [1.807, 2.05) is 46.2 Å². The minimum atomic E-state index is 0.560. The van der Waals surface area contributed by atoms with E-state index in [2.05, 4.69) is 56.7 Å². The van der Waals surface area contributed by atoms with Crippen molar-refractivity contribution in [1.82, 2.24) is 0 Å². The lowest BCUT2D eigenvalue weighted by atomic mass is 10.0. The fourth-order valence-electron chi connectivity index (χ4n) is 2.98. The van der Waals surface area contributed by atoms with E-state index in [1.54, 1.807) is 0 Å². The Morgan fingerprint density at radius 2 is 1.61 bits per heavy atom. The average molecular weight is 375 g/mol. The molecule has 0 nitrogen and oxygen atoms in total. The third-order valence-electron chi connectivity index (χ3n) is 4.31. The molecule has 0 unspecified atom stereocenters. The largest absolute Gasteiger partial charge is 0.122 e. The fourth-order valence-corrected chi connectivity index (χ4v) is 8.03. The molecule has 0 N–H and O–H groups in total. The van der Waals surface area contributed by atoms with Gasteiger partial charge in [0.1, 0.15) is 3.85 Å². The summed E-state index contributed by atoms with van der Waals surface area (Å²) in [6.07, 6.45) is 0. The zero-order valence-electron chi connectivity index (χ0n) is 13.6. The number of fused-ring (bicyclic) bond motifs is 3. The molecule has 0 amide bonds. The van der Waals surface area contributed by atoms with Crippen LogP contribution in [0.5, 0.6) is 0 Å². The molecular weight excluding hydrogens is 356 g/mol. The highest BCUT2D eigenvalue weighted by Crippen LogP contribution is 2.43. The molecule has 1 aliphatic rings. The van der Waals surface area contributed by atoms with E-state index in [4.69, 9.17) is 0 Å². The smallest absolute Gasteiger partial charge is 0.101 e. The van der Waals surface area contributed by atoms with Crippen LogP contribution in [0.25, 0.3) is 24.4 Å². The van der Waals surface area contributed by atoms with Crippen molar-refractivity contribution in [2.75, 3.05) is 0 Å². The van der Waals surface area contributed by atoms with Gasteiger partial charge in [-0.15, -0.1) is 22.7 Å². The molecule has 0 aliphatic carbocycles. The van der Waals surface area contributed by atoms with Crippen molar-refractivity contribution in [2.24, 2.45) is 0 Å². The zero-order valence-corrected chi connectivity index (χ0v) is 16.9. The van der Waals surface area contributed by atoms with Crippen LogP contribution in [0.1, 0.15) is 36.5 Å². The Balaban J connectivity index is 2.11. The first-order valence-corrected chi connectivity index (χ1v) is 11.1. The van der Waals surface area contributed by atoms with Gasteiger partial charge in [0.2, 0.25) is 0 Å². The molecule has 0 saturated heterocycles. The van der Waals surface area contributed by atoms with Crippen LogP contribution in [0.15, 0.2) is 29.0 Å². The van der Waals surface area contributed by atoms with Crippen LogP contribution >= 0.6 is 46.2 Å². The summed E-state index contributed by atoms with van der Waals surface area (Å²) in [7, 11) is 0. The lowest BCUT2D eigenvalue weighted by Crippen LogP contribution is -1.86. The molecule has 4 rings (SSSR count). The first-order chi connectivity index (χ1) is 11.1. The molecule has 0 atom stereocenters. The SMILES string of the molecule is Cc1c2cc(C(C)C)ccc(C)c2c2sc(=C3SC=CS3)sc12. The Kier molecular flexibility index (Phi) is 4.12. The second-order valence-corrected chi connectivity index (χ2v) is 10.6. The van der Waals surface area contributed by atoms with Gasteiger partial charge in [-0.3, -0.25) is 0 Å². The lowest BCUT2D eigenvalue weighted by molar-refractivity contribution is 0.869. The Morgan fingerprint density at radius 1 is 0.913 bits per heavy atom. The first-order valence-electron chi connectivity index (χ1n) is 7.71. The average Bonchev–Trinajstić information content (AvgIpc) is 3.18. The topological polar surface area (TPSA) is 0 Å². The quantitative estimate of drug-likeness (QED) is 0.443. The summed E-state index contributed by atoms with van der Waals surface area (Å²) in [5.41, 5.74) is 4.26. The summed E-state index contributed by atoms with van der Waals surface area (Å²) < 4.78 is 5.84. The Hall–Kier alpha value is -0.680. The van der Waals surface area contributed by atoms with Crippen LogP contribution in [-0.2, 0) is 0 Å². The van der Waals surface area contributed by atoms with Crippen molar-refractivity contribution in [3.05, 3.63) is 49.6 Å². The minimum Gasteiger partial charge on any atom is -0.122 e. The second-order valence-electron chi connectivity index (χ2n) is 6.17. The summed E-state index contributed by atoms with van der Waals surface area (Å²) in [5.74, 6) is 0.560. The van der Waals surface area contributed by atoms with Gasteiger partial charge in [-0.25, -0.2) is 0 Å². The van der Waals surface area contributed by atoms with Gasteiger partial charge < -0.3 is 0 Å². The van der Waals surface area contributed by atoms with Crippen molar-refractivity contribution < 1.29 is 0 Å². The monoisotopic (exact) mass is 374 g/mol. The molecule has 2 heterocycles. The van der Waals surface area contributed by atoms with Crippen LogP contribution in [0.4, 0.5) is 0 Å². The van der Waals surface area contributed by atoms with Gasteiger partial charge in [0, 0.05) is 10.1 Å². The number of thioether (sulfide) groups is 2. The summed E-state index contributed by atoms with van der Waals surface area (Å²) in [4.78, 5) is 0. The van der Waals surface area contributed by atoms with Gasteiger partial charge in [-0.2, -0.15) is 0 Å². The molecule has 2 aromatic carbocycles. The highest BCUT2D eigenvalue weighted by Gasteiger charge is 2.16. The molecule has 0 spiro atoms. The van der Waals surface area contributed by atoms with E-state index >= 15 is 0 Å². The predicted octanol–water partition coefficient (Wildman–Crippen LogP) is 7.15. The fraction of sp³-hybridized carbons (Fsp3) is 0.263. The number of aryl methyl sites for hydroxylation is 2. The summed E-state index contributed by atoms with van der Waals surface area (Å²) >= 11 is 7.64. The van der Waals surface area contributed by atoms with Crippen molar-refractivity contribution in [3.8, 4) is 0 Å². The van der Waals surface area contributed by atoms with Gasteiger partial charge >= 0.3 is 0 Å². The van der Waals surface area contributed by atoms with Crippen LogP contribution in [-0.4, -0.2) is 0 Å². The zero-order chi connectivity index (χ0) is 16.1. The summed E-state index contributed by atoms with van der Waals surface area (Å²) in [6.45, 7) is 9.09. The maximum absolute atomic E-state index is 2.41. The highest BCUT2D eigenvalue weighted by molar-refractivity contribution is 8.35. The normalized spacial score (nSPS) is 14.7.